The first-order valence-electron chi connectivity index (χ1n) is 16.9. The van der Waals surface area contributed by atoms with Crippen molar-refractivity contribution in [2.45, 2.75) is 93.3 Å². The second-order valence-electron chi connectivity index (χ2n) is 13.4. The topological polar surface area (TPSA) is 160 Å². The average Bonchev–Trinajstić information content (AvgIpc) is 3.97. The van der Waals surface area contributed by atoms with Gasteiger partial charge < -0.3 is 24.7 Å². The van der Waals surface area contributed by atoms with E-state index in [-0.39, 0.29) is 37.3 Å². The molecule has 2 saturated carbocycles. The number of sulfonamides is 1. The van der Waals surface area contributed by atoms with Gasteiger partial charge in [-0.2, -0.15) is 4.98 Å². The quantitative estimate of drug-likeness (QED) is 0.305. The lowest BCUT2D eigenvalue weighted by molar-refractivity contribution is -0.141. The summed E-state index contributed by atoms with van der Waals surface area (Å²) in [5, 5.41) is 5.76. The van der Waals surface area contributed by atoms with E-state index in [1.165, 1.54) is 4.90 Å². The number of aromatic nitrogens is 1. The molecule has 1 aromatic heterocycles. The van der Waals surface area contributed by atoms with Gasteiger partial charge in [0.15, 0.2) is 5.58 Å². The van der Waals surface area contributed by atoms with Gasteiger partial charge in [0.2, 0.25) is 21.8 Å². The minimum Gasteiger partial charge on any atom is -0.445 e. The Balaban J connectivity index is 1.16. The molecule has 2 aliphatic carbocycles. The summed E-state index contributed by atoms with van der Waals surface area (Å²) in [6, 6.07) is 15.6. The lowest BCUT2D eigenvalue weighted by Crippen LogP contribution is -2.58. The molecule has 2 aliphatic heterocycles. The van der Waals surface area contributed by atoms with Crippen LogP contribution >= 0.6 is 0 Å². The van der Waals surface area contributed by atoms with Crippen LogP contribution in [0.2, 0.25) is 0 Å². The number of ether oxygens (including phenoxy) is 1. The van der Waals surface area contributed by atoms with Crippen molar-refractivity contribution in [1.29, 1.82) is 0 Å². The number of hydrogen-bond donors (Lipinski definition) is 3. The number of benzene rings is 2. The van der Waals surface area contributed by atoms with Gasteiger partial charge in [0.25, 0.3) is 5.91 Å². The SMILES string of the molecule is O=C1N[C@]2(C(=O)NS(=O)(=O)C3CC3)C[C@@H]2/C=C\CCCCC[C@H](NCc2ccccc2)C(=O)N2C[C@H](Oc3nc4ccccc4o3)C[C@@H]12. The van der Waals surface area contributed by atoms with Crippen LogP contribution in [0.4, 0.5) is 0 Å². The van der Waals surface area contributed by atoms with Gasteiger partial charge >= 0.3 is 6.08 Å². The number of hydrogen-bond acceptors (Lipinski definition) is 9. The Morgan fingerprint density at radius 2 is 1.83 bits per heavy atom. The Morgan fingerprint density at radius 1 is 1.04 bits per heavy atom. The zero-order valence-corrected chi connectivity index (χ0v) is 27.5. The molecule has 0 bridgehead atoms. The van der Waals surface area contributed by atoms with Gasteiger partial charge in [-0.1, -0.05) is 67.5 Å². The Hall–Kier alpha value is -4.23. The minimum atomic E-state index is -3.83. The lowest BCUT2D eigenvalue weighted by atomic mass is 10.0. The van der Waals surface area contributed by atoms with Crippen LogP contribution in [0, 0.1) is 5.92 Å². The Bertz CT molecular complexity index is 1770. The van der Waals surface area contributed by atoms with Crippen LogP contribution < -0.4 is 20.1 Å². The highest BCUT2D eigenvalue weighted by molar-refractivity contribution is 7.91. The molecule has 4 aliphatic rings. The average molecular weight is 676 g/mol. The summed E-state index contributed by atoms with van der Waals surface area (Å²) >= 11 is 0. The molecule has 2 aromatic carbocycles. The fraction of sp³-hybridized carbons (Fsp3) is 0.486. The van der Waals surface area contributed by atoms with Gasteiger partial charge in [0.1, 0.15) is 23.2 Å². The normalized spacial score (nSPS) is 28.8. The van der Waals surface area contributed by atoms with Gasteiger partial charge in [0, 0.05) is 18.9 Å². The van der Waals surface area contributed by atoms with Crippen molar-refractivity contribution in [2.75, 3.05) is 6.54 Å². The molecule has 3 heterocycles. The molecule has 0 radical (unpaired) electrons. The number of nitrogens with one attached hydrogen (secondary N) is 3. The van der Waals surface area contributed by atoms with Gasteiger partial charge in [-0.3, -0.25) is 19.1 Å². The van der Waals surface area contributed by atoms with Crippen molar-refractivity contribution in [3.8, 4) is 6.08 Å². The fourth-order valence-corrected chi connectivity index (χ4v) is 8.15. The third-order valence-electron chi connectivity index (χ3n) is 9.78. The lowest BCUT2D eigenvalue weighted by Gasteiger charge is -2.30. The molecule has 13 heteroatoms. The van der Waals surface area contributed by atoms with E-state index in [1.54, 1.807) is 12.1 Å². The fourth-order valence-electron chi connectivity index (χ4n) is 6.78. The maximum Gasteiger partial charge on any atom is 0.394 e. The smallest absolute Gasteiger partial charge is 0.394 e. The molecular weight excluding hydrogens is 634 g/mol. The van der Waals surface area contributed by atoms with Crippen LogP contribution in [0.5, 0.6) is 6.08 Å². The van der Waals surface area contributed by atoms with Crippen LogP contribution in [0.25, 0.3) is 11.1 Å². The summed E-state index contributed by atoms with van der Waals surface area (Å²) in [6.45, 7) is 0.589. The molecule has 254 valence electrons. The number of carbonyl (C=O) groups is 3. The first kappa shape index (κ1) is 32.3. The molecule has 7 rings (SSSR count). The largest absolute Gasteiger partial charge is 0.445 e. The van der Waals surface area contributed by atoms with Gasteiger partial charge in [0.05, 0.1) is 17.8 Å². The van der Waals surface area contributed by atoms with Crippen molar-refractivity contribution >= 4 is 38.8 Å². The monoisotopic (exact) mass is 675 g/mol. The van der Waals surface area contributed by atoms with E-state index < -0.39 is 50.8 Å². The maximum atomic E-state index is 14.4. The number of carbonyl (C=O) groups excluding carboxylic acids is 3. The molecule has 0 spiro atoms. The molecule has 12 nitrogen and oxygen atoms in total. The summed E-state index contributed by atoms with van der Waals surface area (Å²) in [5.74, 6) is -1.86. The van der Waals surface area contributed by atoms with Crippen LogP contribution in [0.1, 0.15) is 63.4 Å². The van der Waals surface area contributed by atoms with E-state index >= 15 is 0 Å². The number of para-hydroxylation sites is 2. The summed E-state index contributed by atoms with van der Waals surface area (Å²) in [6.07, 6.45) is 8.75. The highest BCUT2D eigenvalue weighted by atomic mass is 32.2. The zero-order valence-electron chi connectivity index (χ0n) is 26.7. The van der Waals surface area contributed by atoms with Gasteiger partial charge in [-0.25, -0.2) is 8.42 Å². The summed E-state index contributed by atoms with van der Waals surface area (Å²) in [5.41, 5.74) is 0.796. The van der Waals surface area contributed by atoms with Crippen molar-refractivity contribution < 1.29 is 32.0 Å². The Morgan fingerprint density at radius 3 is 2.62 bits per heavy atom. The summed E-state index contributed by atoms with van der Waals surface area (Å²) < 4.78 is 39.6. The minimum absolute atomic E-state index is 0.0454. The Labute approximate surface area is 279 Å². The molecule has 48 heavy (non-hydrogen) atoms. The van der Waals surface area contributed by atoms with E-state index in [9.17, 15) is 22.8 Å². The van der Waals surface area contributed by atoms with Crippen LogP contribution in [0.15, 0.2) is 71.2 Å². The predicted molar refractivity (Wildman–Crippen MR) is 177 cm³/mol. The van der Waals surface area contributed by atoms with Gasteiger partial charge in [-0.15, -0.1) is 0 Å². The molecule has 3 fully saturated rings. The zero-order chi connectivity index (χ0) is 33.3. The van der Waals surface area contributed by atoms with E-state index in [0.717, 1.165) is 31.2 Å². The van der Waals surface area contributed by atoms with E-state index in [0.29, 0.717) is 36.9 Å². The first-order valence-corrected chi connectivity index (χ1v) is 18.4. The highest BCUT2D eigenvalue weighted by Gasteiger charge is 2.62. The van der Waals surface area contributed by atoms with Crippen LogP contribution in [0.3, 0.4) is 0 Å². The van der Waals surface area contributed by atoms with E-state index in [1.807, 2.05) is 54.6 Å². The molecule has 5 atom stereocenters. The molecular formula is C35H41N5O7S. The van der Waals surface area contributed by atoms with Gasteiger partial charge in [-0.05, 0) is 56.2 Å². The standard InChI is InChI=1S/C35H41N5O7S/c41-31-29-19-25(46-34-37-27-14-9-10-16-30(27)47-34)22-40(29)32(42)28(36-21-23-11-5-4-6-12-23)15-8-3-1-2-7-13-24-20-35(24,38-31)33(43)39-48(44,45)26-17-18-26/h4-7,9-14,16,24-26,28-29,36H,1-3,8,15,17-22H2,(H,38,41)(H,39,43)/b13-7-/t24-,25+,28-,29-,35+/m0/s1. The second-order valence-corrected chi connectivity index (χ2v) is 15.3. The van der Waals surface area contributed by atoms with E-state index in [2.05, 4.69) is 20.3 Å². The second kappa shape index (κ2) is 13.3. The van der Waals surface area contributed by atoms with E-state index in [4.69, 9.17) is 9.15 Å². The van der Waals surface area contributed by atoms with Crippen LogP contribution in [-0.2, 0) is 31.0 Å². The van der Waals surface area contributed by atoms with Crippen molar-refractivity contribution in [2.24, 2.45) is 5.92 Å². The number of oxazole rings is 1. The molecule has 3 N–H and O–H groups in total. The molecule has 1 saturated heterocycles. The number of fused-ring (bicyclic) bond motifs is 3. The maximum absolute atomic E-state index is 14.4. The van der Waals surface area contributed by atoms with Crippen LogP contribution in [-0.4, -0.2) is 71.5 Å². The third kappa shape index (κ3) is 6.98. The number of allylic oxidation sites excluding steroid dienone is 1. The molecule has 3 aromatic rings. The first-order chi connectivity index (χ1) is 23.2. The number of rotatable bonds is 8. The molecule has 0 unspecified atom stereocenters. The summed E-state index contributed by atoms with van der Waals surface area (Å²) in [4.78, 5) is 48.1. The Kier molecular flexibility index (Phi) is 8.99. The predicted octanol–water partition coefficient (Wildman–Crippen LogP) is 3.34. The van der Waals surface area contributed by atoms with Crippen molar-refractivity contribution in [1.82, 2.24) is 25.2 Å². The summed E-state index contributed by atoms with van der Waals surface area (Å²) in [7, 11) is -3.83. The molecule has 3 amide bonds. The van der Waals surface area contributed by atoms with Crippen molar-refractivity contribution in [3.63, 3.8) is 0 Å². The number of amides is 3. The third-order valence-corrected chi connectivity index (χ3v) is 11.6. The number of nitrogens with zero attached hydrogens (tertiary/aromatic N) is 2. The highest BCUT2D eigenvalue weighted by Crippen LogP contribution is 2.46. The van der Waals surface area contributed by atoms with Crippen molar-refractivity contribution in [3.05, 3.63) is 72.3 Å².